The van der Waals surface area contributed by atoms with E-state index in [0.29, 0.717) is 19.8 Å². The molecule has 2 saturated heterocycles. The molecule has 2 aliphatic heterocycles. The predicted molar refractivity (Wildman–Crippen MR) is 102 cm³/mol. The normalized spacial score (nSPS) is 32.0. The number of nitrogens with zero attached hydrogens (tertiary/aromatic N) is 1. The maximum Gasteiger partial charge on any atom is 0.216 e. The third-order valence-electron chi connectivity index (χ3n) is 5.97. The number of sulfonamides is 1. The highest BCUT2D eigenvalue weighted by atomic mass is 32.2. The molecule has 5 atom stereocenters. The molecule has 2 aliphatic rings. The average Bonchev–Trinajstić information content (AvgIpc) is 3.04. The van der Waals surface area contributed by atoms with Gasteiger partial charge in [-0.05, 0) is 18.1 Å². The van der Waals surface area contributed by atoms with Crippen LogP contribution in [0.3, 0.4) is 0 Å². The zero-order valence-corrected chi connectivity index (χ0v) is 18.7. The van der Waals surface area contributed by atoms with Gasteiger partial charge in [-0.15, -0.1) is 0 Å². The molecule has 10 heteroatoms. The fourth-order valence-electron chi connectivity index (χ4n) is 3.49. The van der Waals surface area contributed by atoms with E-state index in [2.05, 4.69) is 38.6 Å². The molecule has 0 saturated carbocycles. The van der Waals surface area contributed by atoms with Crippen LogP contribution in [-0.4, -0.2) is 84.5 Å². The lowest BCUT2D eigenvalue weighted by atomic mass is 9.97. The van der Waals surface area contributed by atoms with Crippen molar-refractivity contribution >= 4 is 18.3 Å². The van der Waals surface area contributed by atoms with Gasteiger partial charge >= 0.3 is 0 Å². The van der Waals surface area contributed by atoms with Crippen LogP contribution in [0.25, 0.3) is 0 Å². The van der Waals surface area contributed by atoms with Crippen molar-refractivity contribution in [2.75, 3.05) is 33.2 Å². The molecule has 8 nitrogen and oxygen atoms in total. The number of aliphatic hydroxyl groups excluding tert-OH is 1. The van der Waals surface area contributed by atoms with Gasteiger partial charge in [0.15, 0.2) is 8.32 Å². The molecule has 0 aromatic rings. The van der Waals surface area contributed by atoms with Crippen LogP contribution in [0, 0.1) is 5.92 Å². The Morgan fingerprint density at radius 3 is 2.46 bits per heavy atom. The molecule has 0 aromatic heterocycles. The largest absolute Gasteiger partial charge is 0.415 e. The van der Waals surface area contributed by atoms with Gasteiger partial charge in [0.2, 0.25) is 16.4 Å². The molecule has 2 fully saturated rings. The van der Waals surface area contributed by atoms with Crippen molar-refractivity contribution in [2.45, 2.75) is 63.4 Å². The number of hydrogen-bond donors (Lipinski definition) is 2. The second-order valence-corrected chi connectivity index (χ2v) is 15.4. The van der Waals surface area contributed by atoms with Crippen LogP contribution in [0.2, 0.25) is 18.1 Å². The number of fused-ring (bicyclic) bond motifs is 1. The molecule has 0 spiro atoms. The second-order valence-electron chi connectivity index (χ2n) is 8.83. The zero-order chi connectivity index (χ0) is 19.9. The van der Waals surface area contributed by atoms with Crippen LogP contribution in [0.4, 0.5) is 0 Å². The van der Waals surface area contributed by atoms with Crippen molar-refractivity contribution < 1.29 is 27.4 Å². The maximum absolute atomic E-state index is 11.9. The molecule has 2 heterocycles. The summed E-state index contributed by atoms with van der Waals surface area (Å²) in [5, 5.41) is 10.4. The summed E-state index contributed by atoms with van der Waals surface area (Å²) in [6.45, 7) is 12.0. The Kier molecular flexibility index (Phi) is 6.62. The van der Waals surface area contributed by atoms with Gasteiger partial charge in [0.1, 0.15) is 0 Å². The summed E-state index contributed by atoms with van der Waals surface area (Å²) in [5.41, 5.74) is 0. The minimum atomic E-state index is -3.42. The van der Waals surface area contributed by atoms with Gasteiger partial charge in [-0.25, -0.2) is 18.0 Å². The van der Waals surface area contributed by atoms with Crippen LogP contribution in [0.1, 0.15) is 20.8 Å². The Labute approximate surface area is 158 Å². The van der Waals surface area contributed by atoms with Crippen molar-refractivity contribution in [1.29, 1.82) is 0 Å². The van der Waals surface area contributed by atoms with E-state index in [1.54, 1.807) is 4.90 Å². The van der Waals surface area contributed by atoms with Crippen LogP contribution in [0.15, 0.2) is 0 Å². The first-order chi connectivity index (χ1) is 11.8. The van der Waals surface area contributed by atoms with E-state index in [4.69, 9.17) is 13.9 Å². The molecule has 0 radical (unpaired) electrons. The molecule has 2 N–H and O–H groups in total. The summed E-state index contributed by atoms with van der Waals surface area (Å²) in [6.07, 6.45) is 0.0162. The number of rotatable bonds is 7. The molecule has 0 aliphatic carbocycles. The monoisotopic (exact) mass is 410 g/mol. The third kappa shape index (κ3) is 4.66. The fourth-order valence-corrected chi connectivity index (χ4v) is 5.34. The Balaban J connectivity index is 2.29. The molecule has 0 amide bonds. The molecule has 0 aromatic carbocycles. The number of aliphatic hydroxyl groups is 1. The van der Waals surface area contributed by atoms with Gasteiger partial charge in [0.05, 0.1) is 32.1 Å². The summed E-state index contributed by atoms with van der Waals surface area (Å²) in [5.74, 6) is -0.0532. The molecule has 2 rings (SSSR count). The highest BCUT2D eigenvalue weighted by Crippen LogP contribution is 2.40. The lowest BCUT2D eigenvalue weighted by Crippen LogP contribution is -2.55. The lowest BCUT2D eigenvalue weighted by molar-refractivity contribution is -0.198. The smallest absolute Gasteiger partial charge is 0.216 e. The van der Waals surface area contributed by atoms with E-state index in [0.717, 1.165) is 6.26 Å². The number of methoxy groups -OCH3 is 1. The average molecular weight is 411 g/mol. The number of ether oxygens (including phenoxy) is 2. The van der Waals surface area contributed by atoms with Gasteiger partial charge in [-0.2, -0.15) is 0 Å². The van der Waals surface area contributed by atoms with E-state index < -0.39 is 30.8 Å². The van der Waals surface area contributed by atoms with Gasteiger partial charge < -0.3 is 19.0 Å². The molecular formula is C16H34N2O6SSi. The molecule has 0 bridgehead atoms. The van der Waals surface area contributed by atoms with Gasteiger partial charge in [0, 0.05) is 25.1 Å². The first-order valence-electron chi connectivity index (χ1n) is 8.96. The third-order valence-corrected chi connectivity index (χ3v) is 11.2. The van der Waals surface area contributed by atoms with Crippen LogP contribution >= 0.6 is 0 Å². The van der Waals surface area contributed by atoms with Gasteiger partial charge in [0.25, 0.3) is 0 Å². The van der Waals surface area contributed by atoms with Crippen molar-refractivity contribution in [2.24, 2.45) is 5.92 Å². The van der Waals surface area contributed by atoms with E-state index in [1.807, 2.05) is 0 Å². The first-order valence-corrected chi connectivity index (χ1v) is 13.8. The maximum atomic E-state index is 11.9. The Bertz CT molecular complexity index is 594. The van der Waals surface area contributed by atoms with Crippen molar-refractivity contribution in [3.8, 4) is 0 Å². The van der Waals surface area contributed by atoms with Crippen molar-refractivity contribution in [3.05, 3.63) is 0 Å². The number of likely N-dealkylation sites (tertiary alicyclic amines) is 1. The molecular weight excluding hydrogens is 376 g/mol. The van der Waals surface area contributed by atoms with Crippen molar-refractivity contribution in [3.63, 3.8) is 0 Å². The van der Waals surface area contributed by atoms with Crippen LogP contribution in [-0.2, 0) is 23.9 Å². The quantitative estimate of drug-likeness (QED) is 0.467. The van der Waals surface area contributed by atoms with Gasteiger partial charge in [-0.3, -0.25) is 0 Å². The zero-order valence-electron chi connectivity index (χ0n) is 16.9. The highest BCUT2D eigenvalue weighted by molar-refractivity contribution is 7.88. The fraction of sp³-hybridized carbons (Fsp3) is 1.00. The van der Waals surface area contributed by atoms with Crippen LogP contribution < -0.4 is 4.72 Å². The Morgan fingerprint density at radius 1 is 1.35 bits per heavy atom. The summed E-state index contributed by atoms with van der Waals surface area (Å²) < 4.78 is 43.7. The standard InChI is InChI=1S/C16H34N2O6SSi/c1-16(2,3)26(6,7)24-10-13-14(17-25(5,20)21)11-8-23-9-12(11)18(13)15(19)22-4/h11-15,17,19H,8-10H2,1-7H3/t11-,12+,13-,14?,15?/m0/s1. The summed E-state index contributed by atoms with van der Waals surface area (Å²) in [4.78, 5) is 1.80. The number of hydrogen-bond acceptors (Lipinski definition) is 7. The Hall–Kier alpha value is -0.0731. The minimum absolute atomic E-state index is 0.0368. The first kappa shape index (κ1) is 22.2. The Morgan fingerprint density at radius 2 is 1.96 bits per heavy atom. The topological polar surface area (TPSA) is 97.3 Å². The van der Waals surface area contributed by atoms with E-state index >= 15 is 0 Å². The highest BCUT2D eigenvalue weighted by Gasteiger charge is 2.55. The second kappa shape index (κ2) is 7.74. The van der Waals surface area contributed by atoms with Crippen LogP contribution in [0.5, 0.6) is 0 Å². The van der Waals surface area contributed by atoms with E-state index in [-0.39, 0.29) is 23.0 Å². The molecule has 2 unspecified atom stereocenters. The van der Waals surface area contributed by atoms with Crippen molar-refractivity contribution in [1.82, 2.24) is 9.62 Å². The SMILES string of the molecule is COC(O)N1[C@@H]2COC[C@@H]2C(NS(C)(=O)=O)[C@@H]1CO[Si](C)(C)C(C)(C)C. The summed E-state index contributed by atoms with van der Waals surface area (Å²) in [6, 6.07) is -0.836. The summed E-state index contributed by atoms with van der Waals surface area (Å²) in [7, 11) is -4.02. The molecule has 26 heavy (non-hydrogen) atoms. The minimum Gasteiger partial charge on any atom is -0.415 e. The predicted octanol–water partition coefficient (Wildman–Crippen LogP) is 0.548. The number of nitrogens with one attached hydrogen (secondary N) is 1. The van der Waals surface area contributed by atoms with E-state index in [9.17, 15) is 13.5 Å². The lowest BCUT2D eigenvalue weighted by Gasteiger charge is -2.40. The van der Waals surface area contributed by atoms with Gasteiger partial charge in [-0.1, -0.05) is 20.8 Å². The van der Waals surface area contributed by atoms with E-state index in [1.165, 1.54) is 7.11 Å². The molecule has 154 valence electrons. The summed E-state index contributed by atoms with van der Waals surface area (Å²) >= 11 is 0.